The van der Waals surface area contributed by atoms with Crippen LogP contribution in [0.1, 0.15) is 11.7 Å². The van der Waals surface area contributed by atoms with Crippen LogP contribution >= 0.6 is 27.3 Å². The van der Waals surface area contributed by atoms with E-state index in [4.69, 9.17) is 5.11 Å². The van der Waals surface area contributed by atoms with Gasteiger partial charge in [0.05, 0.1) is 3.79 Å². The quantitative estimate of drug-likeness (QED) is 0.823. The van der Waals surface area contributed by atoms with E-state index in [2.05, 4.69) is 15.9 Å². The van der Waals surface area contributed by atoms with Gasteiger partial charge in [-0.3, -0.25) is 0 Å². The highest BCUT2D eigenvalue weighted by Crippen LogP contribution is 2.35. The molecule has 0 aliphatic rings. The van der Waals surface area contributed by atoms with E-state index in [0.29, 0.717) is 3.79 Å². The lowest BCUT2D eigenvalue weighted by molar-refractivity contribution is -0.206. The second-order valence-corrected chi connectivity index (χ2v) is 4.42. The van der Waals surface area contributed by atoms with Crippen molar-refractivity contribution in [2.45, 2.75) is 12.3 Å². The molecule has 0 aliphatic heterocycles. The molecule has 0 aliphatic carbocycles. The molecule has 0 spiro atoms. The van der Waals surface area contributed by atoms with Gasteiger partial charge in [-0.2, -0.15) is 13.2 Å². The zero-order chi connectivity index (χ0) is 9.35. The van der Waals surface area contributed by atoms with Crippen molar-refractivity contribution in [3.63, 3.8) is 0 Å². The molecule has 0 radical (unpaired) electrons. The third kappa shape index (κ3) is 2.21. The summed E-state index contributed by atoms with van der Waals surface area (Å²) >= 11 is 4.11. The van der Waals surface area contributed by atoms with E-state index in [1.54, 1.807) is 0 Å². The minimum atomic E-state index is -4.58. The fourth-order valence-electron chi connectivity index (χ4n) is 0.656. The Morgan fingerprint density at radius 1 is 1.50 bits per heavy atom. The van der Waals surface area contributed by atoms with Crippen molar-refractivity contribution < 1.29 is 18.3 Å². The smallest absolute Gasteiger partial charge is 0.379 e. The largest absolute Gasteiger partial charge is 0.418 e. The Labute approximate surface area is 79.0 Å². The Morgan fingerprint density at radius 2 is 2.08 bits per heavy atom. The van der Waals surface area contributed by atoms with Crippen LogP contribution in [0, 0.1) is 0 Å². The predicted molar refractivity (Wildman–Crippen MR) is 43.0 cm³/mol. The average molecular weight is 261 g/mol. The summed E-state index contributed by atoms with van der Waals surface area (Å²) in [5, 5.41) is 10.00. The lowest BCUT2D eigenvalue weighted by Crippen LogP contribution is -2.19. The molecule has 0 fully saturated rings. The first-order chi connectivity index (χ1) is 5.41. The summed E-state index contributed by atoms with van der Waals surface area (Å²) in [4.78, 5) is 0. The van der Waals surface area contributed by atoms with E-state index in [1.165, 1.54) is 11.4 Å². The number of halogens is 4. The van der Waals surface area contributed by atoms with Gasteiger partial charge in [-0.15, -0.1) is 11.3 Å². The topological polar surface area (TPSA) is 20.2 Å². The Balaban J connectivity index is 2.85. The number of rotatable bonds is 1. The zero-order valence-corrected chi connectivity index (χ0v) is 8.00. The highest BCUT2D eigenvalue weighted by atomic mass is 79.9. The molecule has 0 saturated carbocycles. The van der Waals surface area contributed by atoms with Crippen LogP contribution in [0.2, 0.25) is 0 Å². The first-order valence-corrected chi connectivity index (χ1v) is 4.57. The average Bonchev–Trinajstić information content (AvgIpc) is 2.32. The van der Waals surface area contributed by atoms with Crippen LogP contribution in [0.5, 0.6) is 0 Å². The van der Waals surface area contributed by atoms with Gasteiger partial charge in [0, 0.05) is 5.56 Å². The van der Waals surface area contributed by atoms with Gasteiger partial charge in [0.25, 0.3) is 0 Å². The molecule has 0 aromatic carbocycles. The molecule has 6 heteroatoms. The summed E-state index contributed by atoms with van der Waals surface area (Å²) in [7, 11) is 0. The van der Waals surface area contributed by atoms with Gasteiger partial charge in [0.2, 0.25) is 0 Å². The maximum atomic E-state index is 11.9. The number of aliphatic hydroxyl groups is 1. The van der Waals surface area contributed by atoms with Crippen LogP contribution < -0.4 is 0 Å². The molecule has 0 saturated heterocycles. The number of hydrogen-bond donors (Lipinski definition) is 1. The maximum absolute atomic E-state index is 11.9. The third-order valence-corrected chi connectivity index (χ3v) is 2.74. The van der Waals surface area contributed by atoms with E-state index in [-0.39, 0.29) is 5.56 Å². The first kappa shape index (κ1) is 10.0. The van der Waals surface area contributed by atoms with Crippen molar-refractivity contribution in [3.05, 3.63) is 20.8 Å². The number of aliphatic hydroxyl groups excluding tert-OH is 1. The van der Waals surface area contributed by atoms with Crippen molar-refractivity contribution in [2.75, 3.05) is 0 Å². The summed E-state index contributed by atoms with van der Waals surface area (Å²) in [6, 6.07) is 1.25. The molecule has 1 atom stereocenters. The molecule has 1 heterocycles. The fraction of sp³-hybridized carbons (Fsp3) is 0.333. The van der Waals surface area contributed by atoms with Gasteiger partial charge in [-0.1, -0.05) is 0 Å². The number of thiophene rings is 1. The molecular weight excluding hydrogens is 257 g/mol. The lowest BCUT2D eigenvalue weighted by atomic mass is 10.2. The molecule has 0 bridgehead atoms. The highest BCUT2D eigenvalue weighted by Gasteiger charge is 2.39. The SMILES string of the molecule is O[C@@H](c1csc(Br)c1)C(F)(F)F. The van der Waals surface area contributed by atoms with E-state index >= 15 is 0 Å². The molecular formula is C6H4BrF3OS. The van der Waals surface area contributed by atoms with Crippen LogP contribution in [0.3, 0.4) is 0 Å². The molecule has 12 heavy (non-hydrogen) atoms. The molecule has 68 valence electrons. The molecule has 1 nitrogen and oxygen atoms in total. The molecule has 1 rings (SSSR count). The van der Waals surface area contributed by atoms with Crippen molar-refractivity contribution in [1.82, 2.24) is 0 Å². The predicted octanol–water partition coefficient (Wildman–Crippen LogP) is 3.11. The number of alkyl halides is 3. The van der Waals surface area contributed by atoms with Crippen LogP contribution in [-0.2, 0) is 0 Å². The summed E-state index contributed by atoms with van der Waals surface area (Å²) in [6.45, 7) is 0. The van der Waals surface area contributed by atoms with E-state index in [0.717, 1.165) is 11.3 Å². The summed E-state index contributed by atoms with van der Waals surface area (Å²) in [5.74, 6) is 0. The molecule has 1 aromatic heterocycles. The van der Waals surface area contributed by atoms with E-state index in [9.17, 15) is 13.2 Å². The normalized spacial score (nSPS) is 14.8. The second kappa shape index (κ2) is 3.35. The molecule has 0 amide bonds. The van der Waals surface area contributed by atoms with Gasteiger partial charge in [0.15, 0.2) is 6.10 Å². The second-order valence-electron chi connectivity index (χ2n) is 2.13. The lowest BCUT2D eigenvalue weighted by Gasteiger charge is -2.12. The Kier molecular flexibility index (Phi) is 2.80. The monoisotopic (exact) mass is 260 g/mol. The fourth-order valence-corrected chi connectivity index (χ4v) is 1.85. The van der Waals surface area contributed by atoms with Crippen LogP contribution in [-0.4, -0.2) is 11.3 Å². The minimum absolute atomic E-state index is 0.126. The van der Waals surface area contributed by atoms with Gasteiger partial charge >= 0.3 is 6.18 Å². The van der Waals surface area contributed by atoms with Crippen molar-refractivity contribution in [3.8, 4) is 0 Å². The summed E-state index contributed by atoms with van der Waals surface area (Å²) in [6.07, 6.45) is -6.96. The zero-order valence-electron chi connectivity index (χ0n) is 5.60. The van der Waals surface area contributed by atoms with Crippen molar-refractivity contribution >= 4 is 27.3 Å². The van der Waals surface area contributed by atoms with E-state index in [1.807, 2.05) is 0 Å². The molecule has 1 N–H and O–H groups in total. The Hall–Kier alpha value is -0.0700. The van der Waals surface area contributed by atoms with Gasteiger partial charge < -0.3 is 5.11 Å². The minimum Gasteiger partial charge on any atom is -0.379 e. The van der Waals surface area contributed by atoms with Gasteiger partial charge in [0.1, 0.15) is 0 Å². The van der Waals surface area contributed by atoms with Crippen molar-refractivity contribution in [1.29, 1.82) is 0 Å². The molecule has 1 aromatic rings. The molecule has 0 unspecified atom stereocenters. The summed E-state index contributed by atoms with van der Waals surface area (Å²) < 4.78 is 36.2. The standard InChI is InChI=1S/C6H4BrF3OS/c7-4-1-3(2-12-4)5(11)6(8,9)10/h1-2,5,11H/t5-/m0/s1. The van der Waals surface area contributed by atoms with Crippen LogP contribution in [0.15, 0.2) is 15.2 Å². The Morgan fingerprint density at radius 3 is 2.42 bits per heavy atom. The summed E-state index contributed by atoms with van der Waals surface area (Å²) in [5.41, 5.74) is -0.126. The highest BCUT2D eigenvalue weighted by molar-refractivity contribution is 9.11. The van der Waals surface area contributed by atoms with Crippen LogP contribution in [0.4, 0.5) is 13.2 Å². The van der Waals surface area contributed by atoms with Crippen LogP contribution in [0.25, 0.3) is 0 Å². The van der Waals surface area contributed by atoms with E-state index < -0.39 is 12.3 Å². The van der Waals surface area contributed by atoms with Gasteiger partial charge in [-0.05, 0) is 27.4 Å². The van der Waals surface area contributed by atoms with Crippen molar-refractivity contribution in [2.24, 2.45) is 0 Å². The number of hydrogen-bond acceptors (Lipinski definition) is 2. The Bertz CT molecular complexity index is 270. The van der Waals surface area contributed by atoms with Gasteiger partial charge in [-0.25, -0.2) is 0 Å². The third-order valence-electron chi connectivity index (χ3n) is 1.21. The maximum Gasteiger partial charge on any atom is 0.418 e. The first-order valence-electron chi connectivity index (χ1n) is 2.90.